The number of likely N-dealkylation sites (tertiary alicyclic amines) is 1. The Morgan fingerprint density at radius 3 is 2.77 bits per heavy atom. The van der Waals surface area contributed by atoms with Gasteiger partial charge in [0.05, 0.1) is 30.6 Å². The Morgan fingerprint density at radius 1 is 1.17 bits per heavy atom. The molecule has 1 aromatic carbocycles. The first kappa shape index (κ1) is 22.9. The number of aliphatic hydroxyl groups is 1. The second-order valence-corrected chi connectivity index (χ2v) is 8.92. The van der Waals surface area contributed by atoms with Crippen molar-refractivity contribution in [3.05, 3.63) is 65.7 Å². The molecule has 0 atom stereocenters. The maximum absolute atomic E-state index is 13.1. The quantitative estimate of drug-likeness (QED) is 0.393. The molecule has 0 spiro atoms. The molecule has 0 radical (unpaired) electrons. The Labute approximate surface area is 203 Å². The zero-order chi connectivity index (χ0) is 24.4. The van der Waals surface area contributed by atoms with Crippen LogP contribution in [0.15, 0.2) is 48.9 Å². The van der Waals surface area contributed by atoms with E-state index in [1.165, 1.54) is 0 Å². The summed E-state index contributed by atoms with van der Waals surface area (Å²) < 4.78 is 5.14. The number of hydrogen-bond acceptors (Lipinski definition) is 7. The van der Waals surface area contributed by atoms with E-state index in [2.05, 4.69) is 36.4 Å². The van der Waals surface area contributed by atoms with E-state index in [1.807, 2.05) is 37.5 Å². The number of ether oxygens (including phenoxy) is 1. The van der Waals surface area contributed by atoms with Crippen LogP contribution in [0.1, 0.15) is 34.5 Å². The average Bonchev–Trinajstić information content (AvgIpc) is 3.30. The number of fused-ring (bicyclic) bond motifs is 1. The third-order valence-electron chi connectivity index (χ3n) is 6.41. The summed E-state index contributed by atoms with van der Waals surface area (Å²) in [5.74, 6) is 0.173. The third-order valence-corrected chi connectivity index (χ3v) is 6.41. The van der Waals surface area contributed by atoms with E-state index in [1.54, 1.807) is 19.4 Å². The lowest BCUT2D eigenvalue weighted by molar-refractivity contribution is 0.0792. The van der Waals surface area contributed by atoms with Crippen molar-refractivity contribution < 1.29 is 14.6 Å². The van der Waals surface area contributed by atoms with Gasteiger partial charge in [-0.3, -0.25) is 19.8 Å². The van der Waals surface area contributed by atoms with Crippen LogP contribution >= 0.6 is 0 Å². The fraction of sp³-hybridized carbons (Fsp3) is 0.308. The molecule has 1 fully saturated rings. The molecule has 9 heteroatoms. The van der Waals surface area contributed by atoms with Crippen LogP contribution in [0, 0.1) is 6.92 Å². The van der Waals surface area contributed by atoms with Gasteiger partial charge in [-0.25, -0.2) is 4.98 Å². The average molecular weight is 473 g/mol. The number of carbonyl (C=O) groups is 1. The standard InChI is InChI=1S/C26H28N6O3/c1-16-9-24(35-2)28-14-23(16)29-26(34)25-21-11-18(3-4-22(21)30-31-25)19-10-17(12-27-13-19)15-32-7-5-20(33)6-8-32/h3-4,9-14,20,33H,5-8,15H2,1-2H3,(H,29,34)(H,30,31). The van der Waals surface area contributed by atoms with Gasteiger partial charge in [-0.15, -0.1) is 0 Å². The van der Waals surface area contributed by atoms with Gasteiger partial charge in [-0.1, -0.05) is 6.07 Å². The molecule has 0 unspecified atom stereocenters. The lowest BCUT2D eigenvalue weighted by atomic mass is 10.0. The molecule has 0 saturated carbocycles. The smallest absolute Gasteiger partial charge is 0.276 e. The summed E-state index contributed by atoms with van der Waals surface area (Å²) in [5.41, 5.74) is 5.59. The van der Waals surface area contributed by atoms with E-state index in [0.717, 1.165) is 65.6 Å². The molecule has 3 N–H and O–H groups in total. The molecule has 1 amide bonds. The Kier molecular flexibility index (Phi) is 6.43. The number of H-pyrrole nitrogens is 1. The van der Waals surface area contributed by atoms with Gasteiger partial charge in [-0.05, 0) is 54.7 Å². The van der Waals surface area contributed by atoms with Crippen molar-refractivity contribution in [2.24, 2.45) is 0 Å². The molecule has 4 heterocycles. The molecule has 3 aromatic heterocycles. The number of anilines is 1. The predicted octanol–water partition coefficient (Wildman–Crippen LogP) is 3.55. The summed E-state index contributed by atoms with van der Waals surface area (Å²) >= 11 is 0. The van der Waals surface area contributed by atoms with Crippen LogP contribution in [0.5, 0.6) is 5.88 Å². The molecule has 1 saturated heterocycles. The maximum atomic E-state index is 13.1. The number of nitrogens with zero attached hydrogens (tertiary/aromatic N) is 4. The maximum Gasteiger partial charge on any atom is 0.276 e. The monoisotopic (exact) mass is 472 g/mol. The van der Waals surface area contributed by atoms with Crippen molar-refractivity contribution in [3.63, 3.8) is 0 Å². The number of aromatic amines is 1. The Hall–Kier alpha value is -3.82. The van der Waals surface area contributed by atoms with Gasteiger partial charge in [0.15, 0.2) is 5.69 Å². The van der Waals surface area contributed by atoms with E-state index in [4.69, 9.17) is 4.74 Å². The van der Waals surface area contributed by atoms with Crippen LogP contribution < -0.4 is 10.1 Å². The first-order chi connectivity index (χ1) is 17.0. The Bertz CT molecular complexity index is 1360. The van der Waals surface area contributed by atoms with Gasteiger partial charge >= 0.3 is 0 Å². The number of carbonyl (C=O) groups excluding carboxylic acids is 1. The Balaban J connectivity index is 1.38. The molecule has 4 aromatic rings. The van der Waals surface area contributed by atoms with E-state index >= 15 is 0 Å². The molecule has 35 heavy (non-hydrogen) atoms. The molecule has 5 rings (SSSR count). The zero-order valence-electron chi connectivity index (χ0n) is 19.8. The summed E-state index contributed by atoms with van der Waals surface area (Å²) in [6.07, 6.45) is 6.72. The number of aliphatic hydroxyl groups excluding tert-OH is 1. The normalized spacial score (nSPS) is 14.8. The van der Waals surface area contributed by atoms with Crippen molar-refractivity contribution in [1.82, 2.24) is 25.1 Å². The van der Waals surface area contributed by atoms with E-state index < -0.39 is 0 Å². The topological polar surface area (TPSA) is 116 Å². The molecule has 1 aliphatic rings. The molecule has 180 valence electrons. The van der Waals surface area contributed by atoms with Gasteiger partial charge in [-0.2, -0.15) is 5.10 Å². The molecular formula is C26H28N6O3. The number of methoxy groups -OCH3 is 1. The number of hydrogen-bond donors (Lipinski definition) is 3. The minimum atomic E-state index is -0.317. The predicted molar refractivity (Wildman–Crippen MR) is 133 cm³/mol. The number of nitrogens with one attached hydrogen (secondary N) is 2. The van der Waals surface area contributed by atoms with Gasteiger partial charge in [0.1, 0.15) is 0 Å². The molecular weight excluding hydrogens is 444 g/mol. The van der Waals surface area contributed by atoms with E-state index in [9.17, 15) is 9.90 Å². The molecule has 1 aliphatic heterocycles. The first-order valence-electron chi connectivity index (χ1n) is 11.6. The van der Waals surface area contributed by atoms with Crippen molar-refractivity contribution in [2.45, 2.75) is 32.4 Å². The lowest BCUT2D eigenvalue weighted by Gasteiger charge is -2.29. The second kappa shape index (κ2) is 9.81. The van der Waals surface area contributed by atoms with Crippen molar-refractivity contribution >= 4 is 22.5 Å². The number of amides is 1. The fourth-order valence-electron chi connectivity index (χ4n) is 4.39. The van der Waals surface area contributed by atoms with Crippen LogP contribution in [0.3, 0.4) is 0 Å². The van der Waals surface area contributed by atoms with Crippen molar-refractivity contribution in [1.29, 1.82) is 0 Å². The first-order valence-corrected chi connectivity index (χ1v) is 11.6. The van der Waals surface area contributed by atoms with Gasteiger partial charge in [0.25, 0.3) is 5.91 Å². The number of pyridine rings is 2. The SMILES string of the molecule is COc1cc(C)c(NC(=O)c2n[nH]c3ccc(-c4cncc(CN5CCC(O)CC5)c4)cc23)cn1. The number of rotatable bonds is 6. The fourth-order valence-corrected chi connectivity index (χ4v) is 4.39. The zero-order valence-corrected chi connectivity index (χ0v) is 19.8. The number of piperidine rings is 1. The minimum Gasteiger partial charge on any atom is -0.481 e. The highest BCUT2D eigenvalue weighted by atomic mass is 16.5. The van der Waals surface area contributed by atoms with Gasteiger partial charge in [0, 0.05) is 49.0 Å². The highest BCUT2D eigenvalue weighted by Gasteiger charge is 2.18. The van der Waals surface area contributed by atoms with Crippen LogP contribution in [-0.2, 0) is 6.54 Å². The van der Waals surface area contributed by atoms with Gasteiger partial charge in [0.2, 0.25) is 5.88 Å². The third kappa shape index (κ3) is 5.01. The second-order valence-electron chi connectivity index (χ2n) is 8.92. The molecule has 9 nitrogen and oxygen atoms in total. The number of aryl methyl sites for hydroxylation is 1. The van der Waals surface area contributed by atoms with Crippen LogP contribution in [0.25, 0.3) is 22.0 Å². The minimum absolute atomic E-state index is 0.186. The van der Waals surface area contributed by atoms with E-state index in [-0.39, 0.29) is 12.0 Å². The summed E-state index contributed by atoms with van der Waals surface area (Å²) in [4.78, 5) is 24.0. The lowest BCUT2D eigenvalue weighted by Crippen LogP contribution is -2.35. The largest absolute Gasteiger partial charge is 0.481 e. The van der Waals surface area contributed by atoms with Gasteiger partial charge < -0.3 is 15.2 Å². The highest BCUT2D eigenvalue weighted by Crippen LogP contribution is 2.27. The number of aromatic nitrogens is 4. The van der Waals surface area contributed by atoms with Crippen LogP contribution in [-0.4, -0.2) is 62.4 Å². The van der Waals surface area contributed by atoms with Crippen LogP contribution in [0.4, 0.5) is 5.69 Å². The summed E-state index contributed by atoms with van der Waals surface area (Å²) in [5, 5.41) is 20.6. The summed E-state index contributed by atoms with van der Waals surface area (Å²) in [7, 11) is 1.55. The summed E-state index contributed by atoms with van der Waals surface area (Å²) in [6, 6.07) is 9.78. The van der Waals surface area contributed by atoms with Crippen molar-refractivity contribution in [2.75, 3.05) is 25.5 Å². The Morgan fingerprint density at radius 2 is 2.00 bits per heavy atom. The summed E-state index contributed by atoms with van der Waals surface area (Å²) in [6.45, 7) is 4.44. The highest BCUT2D eigenvalue weighted by molar-refractivity contribution is 6.11. The van der Waals surface area contributed by atoms with Crippen molar-refractivity contribution in [3.8, 4) is 17.0 Å². The van der Waals surface area contributed by atoms with Crippen LogP contribution in [0.2, 0.25) is 0 Å². The number of benzene rings is 1. The molecule has 0 bridgehead atoms. The van der Waals surface area contributed by atoms with E-state index in [0.29, 0.717) is 17.3 Å². The molecule has 0 aliphatic carbocycles.